The molecule has 83 heavy (non-hydrogen) atoms. The van der Waals surface area contributed by atoms with Crippen LogP contribution in [0.2, 0.25) is 0 Å². The van der Waals surface area contributed by atoms with Crippen LogP contribution in [0, 0.1) is 0 Å². The van der Waals surface area contributed by atoms with E-state index in [1.165, 1.54) is 69.6 Å². The number of rotatable bonds is 13. The first-order chi connectivity index (χ1) is 40.8. The minimum atomic E-state index is -1.22. The molecular formula is C78H65BCuP3. The quantitative estimate of drug-likeness (QED) is 0.0797. The van der Waals surface area contributed by atoms with E-state index < -0.39 is 29.9 Å². The molecule has 0 unspecified atom stereocenters. The zero-order valence-corrected chi connectivity index (χ0v) is 49.9. The average Bonchev–Trinajstić information content (AvgIpc) is 3.70. The van der Waals surface area contributed by atoms with Crippen LogP contribution < -0.4 is 69.6 Å². The Balaban J connectivity index is 0.000000134. The molecule has 0 amide bonds. The van der Waals surface area contributed by atoms with Crippen molar-refractivity contribution in [3.8, 4) is 0 Å². The van der Waals surface area contributed by atoms with E-state index in [1.807, 2.05) is 0 Å². The topological polar surface area (TPSA) is 0 Å². The summed E-state index contributed by atoms with van der Waals surface area (Å²) in [6.07, 6.45) is -1.22. The first-order valence-electron chi connectivity index (χ1n) is 28.0. The molecule has 0 radical (unpaired) electrons. The van der Waals surface area contributed by atoms with Crippen LogP contribution in [0.1, 0.15) is 0 Å². The Hall–Kier alpha value is -8.27. The third-order valence-electron chi connectivity index (χ3n) is 14.3. The maximum atomic E-state index is 2.26. The summed E-state index contributed by atoms with van der Waals surface area (Å²) in [5, 5.41) is 12.6. The molecule has 0 heterocycles. The summed E-state index contributed by atoms with van der Waals surface area (Å²) in [5.41, 5.74) is 5.36. The van der Waals surface area contributed by atoms with Crippen LogP contribution in [0.3, 0.4) is 0 Å². The van der Waals surface area contributed by atoms with E-state index in [0.717, 1.165) is 0 Å². The van der Waals surface area contributed by atoms with Crippen molar-refractivity contribution in [3.63, 3.8) is 0 Å². The molecule has 0 saturated heterocycles. The van der Waals surface area contributed by atoms with E-state index >= 15 is 0 Å². The smallest absolute Gasteiger partial charge is 0.195 e. The van der Waals surface area contributed by atoms with Gasteiger partial charge in [-0.3, -0.25) is 0 Å². The second kappa shape index (κ2) is 31.8. The molecule has 13 aromatic carbocycles. The molecule has 13 aromatic rings. The first kappa shape index (κ1) is 59.4. The van der Waals surface area contributed by atoms with E-state index in [4.69, 9.17) is 0 Å². The van der Waals surface area contributed by atoms with E-state index in [9.17, 15) is 0 Å². The van der Waals surface area contributed by atoms with Crippen molar-refractivity contribution in [2.75, 3.05) is 0 Å². The normalized spacial score (nSPS) is 10.6. The third kappa shape index (κ3) is 15.6. The van der Waals surface area contributed by atoms with Crippen molar-refractivity contribution >= 4 is 99.5 Å². The Morgan fingerprint density at radius 1 is 0.133 bits per heavy atom. The molecular weight excluding hydrogens is 1100 g/mol. The molecule has 0 N–H and O–H groups in total. The molecule has 0 spiro atoms. The Morgan fingerprint density at radius 3 is 0.337 bits per heavy atom. The summed E-state index contributed by atoms with van der Waals surface area (Å²) in [6, 6.07) is 141. The van der Waals surface area contributed by atoms with Crippen LogP contribution in [-0.4, -0.2) is 6.15 Å². The SMILES string of the molecule is [Cu+].c1ccc(P(c2ccccc2)c2ccccc2)cc1.c1ccc(P(c2ccccc2)c2ccccc2)cc1.c1ccc(P(c2ccccc2)c2ccccc2)cc1.c1ccc([B-](c2ccccc2)(c2ccccc2)c2ccccc2)cc1. The Labute approximate surface area is 507 Å². The Kier molecular flexibility index (Phi) is 22.8. The van der Waals surface area contributed by atoms with Crippen molar-refractivity contribution in [2.45, 2.75) is 0 Å². The van der Waals surface area contributed by atoms with Crippen LogP contribution in [0.25, 0.3) is 0 Å². The van der Waals surface area contributed by atoms with Crippen molar-refractivity contribution in [2.24, 2.45) is 0 Å². The standard InChI is InChI=1S/C24H20B.3C18H15P.Cu/c1-5-13-21(14-6-1)25(22-15-7-2-8-16-22,23-17-9-3-10-18-23)24-19-11-4-12-20-24;3*1-4-10-16(11-5-1)19(17-12-6-2-7-13-17)18-14-8-3-9-15-18;/h1-20H;3*1-15H;/q-1;;;;+1. The van der Waals surface area contributed by atoms with Gasteiger partial charge >= 0.3 is 17.1 Å². The van der Waals surface area contributed by atoms with E-state index in [0.29, 0.717) is 0 Å². The monoisotopic (exact) mass is 1170 g/mol. The van der Waals surface area contributed by atoms with Crippen LogP contribution in [0.5, 0.6) is 0 Å². The van der Waals surface area contributed by atoms with Crippen LogP contribution in [0.4, 0.5) is 0 Å². The van der Waals surface area contributed by atoms with Gasteiger partial charge in [0.05, 0.1) is 0 Å². The van der Waals surface area contributed by atoms with E-state index in [-0.39, 0.29) is 17.1 Å². The van der Waals surface area contributed by atoms with Crippen molar-refractivity contribution in [1.82, 2.24) is 0 Å². The van der Waals surface area contributed by atoms with Gasteiger partial charge in [0.2, 0.25) is 0 Å². The number of hydrogen-bond acceptors (Lipinski definition) is 0. The zero-order valence-electron chi connectivity index (χ0n) is 46.2. The van der Waals surface area contributed by atoms with Gasteiger partial charge in [-0.15, -0.1) is 0 Å². The van der Waals surface area contributed by atoms with Crippen molar-refractivity contribution in [3.05, 3.63) is 394 Å². The van der Waals surface area contributed by atoms with Gasteiger partial charge in [0, 0.05) is 0 Å². The molecule has 0 saturated carbocycles. The van der Waals surface area contributed by atoms with Gasteiger partial charge < -0.3 is 0 Å². The molecule has 0 aliphatic carbocycles. The minimum absolute atomic E-state index is 0. The maximum Gasteiger partial charge on any atom is 1.00 e. The van der Waals surface area contributed by atoms with Gasteiger partial charge in [0.1, 0.15) is 6.15 Å². The van der Waals surface area contributed by atoms with Gasteiger partial charge in [-0.25, -0.2) is 0 Å². The third-order valence-corrected chi connectivity index (χ3v) is 21.7. The Morgan fingerprint density at radius 2 is 0.229 bits per heavy atom. The molecule has 5 heteroatoms. The minimum Gasteiger partial charge on any atom is -0.195 e. The number of hydrogen-bond donors (Lipinski definition) is 0. The molecule has 0 bridgehead atoms. The molecule has 13 rings (SSSR count). The molecule has 0 atom stereocenters. The fourth-order valence-corrected chi connectivity index (χ4v) is 17.6. The maximum absolute atomic E-state index is 2.26. The summed E-state index contributed by atoms with van der Waals surface area (Å²) in [6.45, 7) is 0. The van der Waals surface area contributed by atoms with E-state index in [2.05, 4.69) is 394 Å². The van der Waals surface area contributed by atoms with E-state index in [1.54, 1.807) is 0 Å². The molecule has 406 valence electrons. The van der Waals surface area contributed by atoms with Crippen LogP contribution in [-0.2, 0) is 17.1 Å². The van der Waals surface area contributed by atoms with Crippen LogP contribution in [0.15, 0.2) is 394 Å². The fourth-order valence-electron chi connectivity index (χ4n) is 10.7. The van der Waals surface area contributed by atoms with Crippen molar-refractivity contribution < 1.29 is 17.1 Å². The molecule has 0 fully saturated rings. The molecule has 0 aliphatic heterocycles. The summed E-state index contributed by atoms with van der Waals surface area (Å²) in [4.78, 5) is 0. The average molecular weight is 1170 g/mol. The second-order valence-corrected chi connectivity index (χ2v) is 26.2. The first-order valence-corrected chi connectivity index (χ1v) is 32.0. The molecule has 0 aromatic heterocycles. The number of benzene rings is 13. The Bertz CT molecular complexity index is 3080. The largest absolute Gasteiger partial charge is 1.00 e. The zero-order chi connectivity index (χ0) is 55.7. The van der Waals surface area contributed by atoms with Crippen LogP contribution >= 0.6 is 23.8 Å². The van der Waals surface area contributed by atoms with Gasteiger partial charge in [-0.2, -0.15) is 21.9 Å². The summed E-state index contributed by atoms with van der Waals surface area (Å²) < 4.78 is 0. The molecule has 0 nitrogen and oxygen atoms in total. The predicted octanol–water partition coefficient (Wildman–Crippen LogP) is 13.4. The summed E-state index contributed by atoms with van der Waals surface area (Å²) in [7, 11) is -1.34. The summed E-state index contributed by atoms with van der Waals surface area (Å²) in [5.74, 6) is 0. The van der Waals surface area contributed by atoms with Gasteiger partial charge in [0.25, 0.3) is 0 Å². The molecule has 0 aliphatic rings. The second-order valence-electron chi connectivity index (χ2n) is 19.5. The predicted molar refractivity (Wildman–Crippen MR) is 366 cm³/mol. The summed E-state index contributed by atoms with van der Waals surface area (Å²) >= 11 is 0. The fraction of sp³-hybridized carbons (Fsp3) is 0. The van der Waals surface area contributed by atoms with Crippen molar-refractivity contribution in [1.29, 1.82) is 0 Å². The van der Waals surface area contributed by atoms with Gasteiger partial charge in [0.15, 0.2) is 0 Å². The van der Waals surface area contributed by atoms with Gasteiger partial charge in [-0.05, 0) is 71.5 Å². The van der Waals surface area contributed by atoms with Gasteiger partial charge in [-0.1, -0.05) is 394 Å².